The molecule has 1 aromatic heterocycles. The van der Waals surface area contributed by atoms with Gasteiger partial charge < -0.3 is 14.5 Å². The summed E-state index contributed by atoms with van der Waals surface area (Å²) in [6, 6.07) is 20.7. The highest BCUT2D eigenvalue weighted by Gasteiger charge is 2.33. The predicted octanol–water partition coefficient (Wildman–Crippen LogP) is 4.54. The maximum Gasteiger partial charge on any atom is 0.409 e. The summed E-state index contributed by atoms with van der Waals surface area (Å²) in [7, 11) is -1.46. The highest BCUT2D eigenvalue weighted by Crippen LogP contribution is 2.34. The molecule has 2 unspecified atom stereocenters. The number of hydrogen-bond donors (Lipinski definition) is 0. The van der Waals surface area contributed by atoms with Gasteiger partial charge in [0.2, 0.25) is 0 Å². The number of para-hydroxylation sites is 1. The van der Waals surface area contributed by atoms with E-state index in [2.05, 4.69) is 16.0 Å². The van der Waals surface area contributed by atoms with E-state index in [-0.39, 0.29) is 18.7 Å². The van der Waals surface area contributed by atoms with E-state index in [9.17, 15) is 9.00 Å². The molecule has 2 atom stereocenters. The molecule has 2 aliphatic rings. The van der Waals surface area contributed by atoms with Crippen molar-refractivity contribution < 1.29 is 13.7 Å². The van der Waals surface area contributed by atoms with Crippen molar-refractivity contribution in [3.63, 3.8) is 0 Å². The normalized spacial score (nSPS) is 18.7. The van der Waals surface area contributed by atoms with Gasteiger partial charge >= 0.3 is 6.09 Å². The first kappa shape index (κ1) is 23.6. The van der Waals surface area contributed by atoms with Crippen LogP contribution in [0.5, 0.6) is 0 Å². The van der Waals surface area contributed by atoms with E-state index in [0.29, 0.717) is 36.1 Å². The minimum atomic E-state index is -1.46. The van der Waals surface area contributed by atoms with Gasteiger partial charge in [-0.2, -0.15) is 0 Å². The summed E-state index contributed by atoms with van der Waals surface area (Å²) in [6.45, 7) is 2.73. The number of hydrogen-bond acceptors (Lipinski definition) is 5. The van der Waals surface area contributed by atoms with E-state index in [4.69, 9.17) is 16.3 Å². The number of aryl methyl sites for hydroxylation is 1. The van der Waals surface area contributed by atoms with Crippen LogP contribution in [0.25, 0.3) is 0 Å². The van der Waals surface area contributed by atoms with Crippen LogP contribution in [0.1, 0.15) is 12.0 Å². The SMILES string of the molecule is O=C(OCC1CCc2ccccc2N1S(=O)c1ccc(Cl)cc1)N1CCN(c2ccccn2)CC1. The van der Waals surface area contributed by atoms with Crippen LogP contribution < -0.4 is 9.21 Å². The van der Waals surface area contributed by atoms with E-state index in [0.717, 1.165) is 29.9 Å². The minimum absolute atomic E-state index is 0.174. The lowest BCUT2D eigenvalue weighted by molar-refractivity contribution is 0.0941. The van der Waals surface area contributed by atoms with Gasteiger partial charge in [-0.3, -0.25) is 4.31 Å². The highest BCUT2D eigenvalue weighted by molar-refractivity contribution is 7.86. The third-order valence-electron chi connectivity index (χ3n) is 6.41. The Balaban J connectivity index is 1.25. The summed E-state index contributed by atoms with van der Waals surface area (Å²) >= 11 is 6.03. The number of amides is 1. The zero-order valence-corrected chi connectivity index (χ0v) is 20.8. The van der Waals surface area contributed by atoms with E-state index < -0.39 is 11.0 Å². The molecule has 0 bridgehead atoms. The molecule has 1 fully saturated rings. The summed E-state index contributed by atoms with van der Waals surface area (Å²) in [5.74, 6) is 0.918. The molecule has 2 aliphatic heterocycles. The molecule has 0 saturated carbocycles. The second-order valence-corrected chi connectivity index (χ2v) is 10.4. The first-order valence-electron chi connectivity index (χ1n) is 11.7. The van der Waals surface area contributed by atoms with E-state index in [1.165, 1.54) is 0 Å². The molecule has 7 nitrogen and oxygen atoms in total. The smallest absolute Gasteiger partial charge is 0.409 e. The Morgan fingerprint density at radius 3 is 2.49 bits per heavy atom. The third kappa shape index (κ3) is 5.28. The van der Waals surface area contributed by atoms with Crippen molar-refractivity contribution in [1.29, 1.82) is 0 Å². The second-order valence-electron chi connectivity index (χ2n) is 8.59. The van der Waals surface area contributed by atoms with Crippen LogP contribution in [0, 0.1) is 0 Å². The molecule has 2 aromatic carbocycles. The summed E-state index contributed by atoms with van der Waals surface area (Å²) in [5.41, 5.74) is 2.06. The molecule has 0 N–H and O–H groups in total. The van der Waals surface area contributed by atoms with Crippen molar-refractivity contribution in [1.82, 2.24) is 9.88 Å². The van der Waals surface area contributed by atoms with Crippen molar-refractivity contribution in [3.05, 3.63) is 83.5 Å². The Kier molecular flexibility index (Phi) is 7.20. The number of benzene rings is 2. The zero-order valence-electron chi connectivity index (χ0n) is 19.3. The maximum absolute atomic E-state index is 13.6. The number of aromatic nitrogens is 1. The van der Waals surface area contributed by atoms with Gasteiger partial charge in [0.15, 0.2) is 11.0 Å². The number of anilines is 2. The molecular weight excluding hydrogens is 484 g/mol. The standard InChI is InChI=1S/C26H27ClN4O3S/c27-21-9-12-23(13-10-21)35(33)31-22(11-8-20-5-1-2-6-24(20)31)19-34-26(32)30-17-15-29(16-18-30)25-7-3-4-14-28-25/h1-7,9-10,12-14,22H,8,11,15-19H2. The topological polar surface area (TPSA) is 66.0 Å². The molecule has 3 heterocycles. The Morgan fingerprint density at radius 2 is 1.74 bits per heavy atom. The lowest BCUT2D eigenvalue weighted by Gasteiger charge is -2.38. The first-order chi connectivity index (χ1) is 17.1. The van der Waals surface area contributed by atoms with E-state index in [1.54, 1.807) is 35.4 Å². The Bertz CT molecular complexity index is 1190. The van der Waals surface area contributed by atoms with Crippen LogP contribution in [0.15, 0.2) is 77.8 Å². The monoisotopic (exact) mass is 510 g/mol. The number of fused-ring (bicyclic) bond motifs is 1. The Hall–Kier alpha value is -3.10. The summed E-state index contributed by atoms with van der Waals surface area (Å²) in [6.07, 6.45) is 3.03. The van der Waals surface area contributed by atoms with Crippen molar-refractivity contribution in [2.24, 2.45) is 0 Å². The number of nitrogens with zero attached hydrogens (tertiary/aromatic N) is 4. The van der Waals surface area contributed by atoms with Crippen molar-refractivity contribution in [2.45, 2.75) is 23.8 Å². The van der Waals surface area contributed by atoms with Crippen LogP contribution >= 0.6 is 11.6 Å². The number of carbonyl (C=O) groups excluding carboxylic acids is 1. The van der Waals surface area contributed by atoms with E-state index >= 15 is 0 Å². The quantitative estimate of drug-likeness (QED) is 0.504. The number of ether oxygens (including phenoxy) is 1. The average molecular weight is 511 g/mol. The Morgan fingerprint density at radius 1 is 1.00 bits per heavy atom. The number of piperazine rings is 1. The van der Waals surface area contributed by atoms with E-state index in [1.807, 2.05) is 40.7 Å². The predicted molar refractivity (Wildman–Crippen MR) is 138 cm³/mol. The van der Waals surface area contributed by atoms with Gasteiger partial charge in [-0.15, -0.1) is 0 Å². The molecule has 9 heteroatoms. The Labute approximate surface area is 212 Å². The molecule has 35 heavy (non-hydrogen) atoms. The maximum atomic E-state index is 13.6. The van der Waals surface area contributed by atoms with Gasteiger partial charge in [-0.25, -0.2) is 14.0 Å². The van der Waals surface area contributed by atoms with Gasteiger partial charge in [0, 0.05) is 37.4 Å². The number of rotatable bonds is 5. The molecule has 0 spiro atoms. The highest BCUT2D eigenvalue weighted by atomic mass is 35.5. The van der Waals surface area contributed by atoms with Crippen LogP contribution in [0.2, 0.25) is 5.02 Å². The first-order valence-corrected chi connectivity index (χ1v) is 13.2. The average Bonchev–Trinajstić information content (AvgIpc) is 2.92. The van der Waals surface area contributed by atoms with Crippen LogP contribution in [0.3, 0.4) is 0 Å². The fraction of sp³-hybridized carbons (Fsp3) is 0.308. The molecule has 1 amide bonds. The lowest BCUT2D eigenvalue weighted by Crippen LogP contribution is -2.50. The van der Waals surface area contributed by atoms with Crippen molar-refractivity contribution in [2.75, 3.05) is 42.0 Å². The van der Waals surface area contributed by atoms with Crippen molar-refractivity contribution >= 4 is 40.2 Å². The minimum Gasteiger partial charge on any atom is -0.447 e. The molecule has 1 saturated heterocycles. The van der Waals surface area contributed by atoms with Gasteiger partial charge in [0.05, 0.1) is 16.6 Å². The van der Waals surface area contributed by atoms with Gasteiger partial charge in [-0.05, 0) is 60.9 Å². The summed E-state index contributed by atoms with van der Waals surface area (Å²) < 4.78 is 21.3. The van der Waals surface area contributed by atoms with Crippen LogP contribution in [0.4, 0.5) is 16.3 Å². The second kappa shape index (κ2) is 10.7. The molecule has 3 aromatic rings. The largest absolute Gasteiger partial charge is 0.447 e. The molecule has 0 aliphatic carbocycles. The third-order valence-corrected chi connectivity index (χ3v) is 8.19. The lowest BCUT2D eigenvalue weighted by atomic mass is 9.98. The van der Waals surface area contributed by atoms with Gasteiger partial charge in [0.25, 0.3) is 0 Å². The molecule has 182 valence electrons. The van der Waals surface area contributed by atoms with Gasteiger partial charge in [-0.1, -0.05) is 35.9 Å². The number of pyridine rings is 1. The van der Waals surface area contributed by atoms with Crippen LogP contribution in [-0.4, -0.2) is 59.0 Å². The van der Waals surface area contributed by atoms with Gasteiger partial charge in [0.1, 0.15) is 12.4 Å². The van der Waals surface area contributed by atoms with Crippen LogP contribution in [-0.2, 0) is 22.1 Å². The fourth-order valence-electron chi connectivity index (χ4n) is 4.53. The zero-order chi connectivity index (χ0) is 24.2. The number of carbonyl (C=O) groups is 1. The number of halogens is 1. The molecule has 5 rings (SSSR count). The van der Waals surface area contributed by atoms with Crippen molar-refractivity contribution in [3.8, 4) is 0 Å². The fourth-order valence-corrected chi connectivity index (χ4v) is 6.05. The summed E-state index contributed by atoms with van der Waals surface area (Å²) in [4.78, 5) is 21.8. The molecule has 0 radical (unpaired) electrons. The molecular formula is C26H27ClN4O3S. The summed E-state index contributed by atoms with van der Waals surface area (Å²) in [5, 5.41) is 0.596.